The van der Waals surface area contributed by atoms with Crippen LogP contribution in [-0.4, -0.2) is 16.9 Å². The molecule has 11 heavy (non-hydrogen) atoms. The van der Waals surface area contributed by atoms with Gasteiger partial charge in [-0.15, -0.1) is 0 Å². The van der Waals surface area contributed by atoms with Gasteiger partial charge in [0.15, 0.2) is 5.60 Å². The van der Waals surface area contributed by atoms with Crippen molar-refractivity contribution < 1.29 is 18.3 Å². The summed E-state index contributed by atoms with van der Waals surface area (Å²) < 4.78 is 36.2. The maximum absolute atomic E-state index is 12.1. The number of halogens is 3. The van der Waals surface area contributed by atoms with E-state index < -0.39 is 11.8 Å². The van der Waals surface area contributed by atoms with Crippen molar-refractivity contribution in [3.63, 3.8) is 0 Å². The van der Waals surface area contributed by atoms with E-state index in [0.717, 1.165) is 0 Å². The van der Waals surface area contributed by atoms with E-state index in [1.807, 2.05) is 0 Å². The number of hydrogen-bond acceptors (Lipinski definition) is 1. The SMILES string of the molecule is CC1CC[C@@](O)(C(F)(F)F)C1. The summed E-state index contributed by atoms with van der Waals surface area (Å²) in [4.78, 5) is 0. The molecule has 0 aromatic carbocycles. The highest BCUT2D eigenvalue weighted by Crippen LogP contribution is 2.44. The first-order chi connectivity index (χ1) is 4.85. The Labute approximate surface area is 63.2 Å². The van der Waals surface area contributed by atoms with Gasteiger partial charge >= 0.3 is 6.18 Å². The van der Waals surface area contributed by atoms with Crippen molar-refractivity contribution in [2.45, 2.75) is 38.0 Å². The molecule has 1 saturated carbocycles. The van der Waals surface area contributed by atoms with Gasteiger partial charge in [0.1, 0.15) is 0 Å². The maximum Gasteiger partial charge on any atom is 0.417 e. The lowest BCUT2D eigenvalue weighted by molar-refractivity contribution is -0.258. The van der Waals surface area contributed by atoms with Gasteiger partial charge in [-0.05, 0) is 25.2 Å². The number of alkyl halides is 3. The molecule has 1 aliphatic carbocycles. The summed E-state index contributed by atoms with van der Waals surface area (Å²) in [6.07, 6.45) is -4.26. The fourth-order valence-corrected chi connectivity index (χ4v) is 1.52. The first kappa shape index (κ1) is 8.84. The molecule has 66 valence electrons. The van der Waals surface area contributed by atoms with Crippen LogP contribution >= 0.6 is 0 Å². The van der Waals surface area contributed by atoms with Gasteiger partial charge in [-0.2, -0.15) is 13.2 Å². The van der Waals surface area contributed by atoms with Crippen LogP contribution < -0.4 is 0 Å². The fraction of sp³-hybridized carbons (Fsp3) is 1.00. The first-order valence-electron chi connectivity index (χ1n) is 3.64. The third-order valence-corrected chi connectivity index (χ3v) is 2.26. The zero-order valence-corrected chi connectivity index (χ0v) is 6.28. The molecule has 1 N–H and O–H groups in total. The second-order valence-corrected chi connectivity index (χ2v) is 3.38. The zero-order chi connectivity index (χ0) is 8.70. The Morgan fingerprint density at radius 3 is 2.18 bits per heavy atom. The maximum atomic E-state index is 12.1. The highest BCUT2D eigenvalue weighted by atomic mass is 19.4. The fourth-order valence-electron chi connectivity index (χ4n) is 1.52. The van der Waals surface area contributed by atoms with E-state index in [0.29, 0.717) is 6.42 Å². The Morgan fingerprint density at radius 2 is 2.00 bits per heavy atom. The molecule has 0 spiro atoms. The molecule has 1 nitrogen and oxygen atoms in total. The van der Waals surface area contributed by atoms with Gasteiger partial charge in [0, 0.05) is 0 Å². The molecule has 0 heterocycles. The molecule has 2 atom stereocenters. The van der Waals surface area contributed by atoms with E-state index in [9.17, 15) is 13.2 Å². The lowest BCUT2D eigenvalue weighted by atomic mass is 10.0. The van der Waals surface area contributed by atoms with Crippen LogP contribution in [0.3, 0.4) is 0 Å². The van der Waals surface area contributed by atoms with Crippen molar-refractivity contribution in [3.05, 3.63) is 0 Å². The average molecular weight is 168 g/mol. The molecule has 0 aromatic rings. The molecule has 0 radical (unpaired) electrons. The summed E-state index contributed by atoms with van der Waals surface area (Å²) in [7, 11) is 0. The number of hydrogen-bond donors (Lipinski definition) is 1. The molecular weight excluding hydrogens is 157 g/mol. The highest BCUT2D eigenvalue weighted by molar-refractivity contribution is 4.93. The van der Waals surface area contributed by atoms with Crippen LogP contribution in [0.2, 0.25) is 0 Å². The van der Waals surface area contributed by atoms with Gasteiger partial charge in [-0.3, -0.25) is 0 Å². The molecular formula is C7H11F3O. The summed E-state index contributed by atoms with van der Waals surface area (Å²) in [5.41, 5.74) is -2.40. The van der Waals surface area contributed by atoms with Gasteiger partial charge in [0.2, 0.25) is 0 Å². The summed E-state index contributed by atoms with van der Waals surface area (Å²) in [5.74, 6) is -0.0124. The predicted molar refractivity (Wildman–Crippen MR) is 34.0 cm³/mol. The van der Waals surface area contributed by atoms with Crippen molar-refractivity contribution in [3.8, 4) is 0 Å². The predicted octanol–water partition coefficient (Wildman–Crippen LogP) is 2.10. The van der Waals surface area contributed by atoms with Crippen LogP contribution in [0, 0.1) is 5.92 Å². The lowest BCUT2D eigenvalue weighted by Crippen LogP contribution is -2.42. The first-order valence-corrected chi connectivity index (χ1v) is 3.64. The van der Waals surface area contributed by atoms with Crippen molar-refractivity contribution in [2.24, 2.45) is 5.92 Å². The second kappa shape index (κ2) is 2.37. The topological polar surface area (TPSA) is 20.2 Å². The third-order valence-electron chi connectivity index (χ3n) is 2.26. The molecule has 1 rings (SSSR count). The minimum Gasteiger partial charge on any atom is -0.380 e. The van der Waals surface area contributed by atoms with Crippen LogP contribution in [0.15, 0.2) is 0 Å². The summed E-state index contributed by atoms with van der Waals surface area (Å²) >= 11 is 0. The van der Waals surface area contributed by atoms with Crippen molar-refractivity contribution in [1.82, 2.24) is 0 Å². The Morgan fingerprint density at radius 1 is 1.45 bits per heavy atom. The van der Waals surface area contributed by atoms with E-state index >= 15 is 0 Å². The molecule has 4 heteroatoms. The van der Waals surface area contributed by atoms with E-state index in [-0.39, 0.29) is 18.8 Å². The summed E-state index contributed by atoms with van der Waals surface area (Å²) in [6, 6.07) is 0. The van der Waals surface area contributed by atoms with Crippen LogP contribution in [0.4, 0.5) is 13.2 Å². The van der Waals surface area contributed by atoms with Gasteiger partial charge in [-0.1, -0.05) is 6.92 Å². The van der Waals surface area contributed by atoms with Crippen LogP contribution in [0.25, 0.3) is 0 Å². The molecule has 1 fully saturated rings. The Hall–Kier alpha value is -0.250. The van der Waals surface area contributed by atoms with Crippen molar-refractivity contribution in [2.75, 3.05) is 0 Å². The quantitative estimate of drug-likeness (QED) is 0.587. The average Bonchev–Trinajstić information content (AvgIpc) is 2.10. The van der Waals surface area contributed by atoms with E-state index in [1.165, 1.54) is 0 Å². The lowest BCUT2D eigenvalue weighted by Gasteiger charge is -2.25. The molecule has 0 aromatic heterocycles. The molecule has 0 saturated heterocycles. The van der Waals surface area contributed by atoms with Gasteiger partial charge in [-0.25, -0.2) is 0 Å². The Bertz CT molecular complexity index is 154. The standard InChI is InChI=1S/C7H11F3O/c1-5-2-3-6(11,4-5)7(8,9)10/h5,11H,2-4H2,1H3/t5?,6-/m0/s1. The summed E-state index contributed by atoms with van der Waals surface area (Å²) in [6.45, 7) is 1.73. The molecule has 0 amide bonds. The number of rotatable bonds is 0. The Balaban J connectivity index is 2.69. The molecule has 0 bridgehead atoms. The van der Waals surface area contributed by atoms with E-state index in [2.05, 4.69) is 0 Å². The van der Waals surface area contributed by atoms with Crippen molar-refractivity contribution in [1.29, 1.82) is 0 Å². The molecule has 1 aliphatic rings. The van der Waals surface area contributed by atoms with Crippen LogP contribution in [0.1, 0.15) is 26.2 Å². The molecule has 1 unspecified atom stereocenters. The number of aliphatic hydroxyl groups is 1. The van der Waals surface area contributed by atoms with Crippen LogP contribution in [-0.2, 0) is 0 Å². The minimum atomic E-state index is -4.45. The van der Waals surface area contributed by atoms with Gasteiger partial charge in [0.25, 0.3) is 0 Å². The monoisotopic (exact) mass is 168 g/mol. The van der Waals surface area contributed by atoms with Crippen molar-refractivity contribution >= 4 is 0 Å². The molecule has 0 aliphatic heterocycles. The van der Waals surface area contributed by atoms with E-state index in [1.54, 1.807) is 6.92 Å². The normalized spacial score (nSPS) is 39.5. The van der Waals surface area contributed by atoms with Crippen LogP contribution in [0.5, 0.6) is 0 Å². The third kappa shape index (κ3) is 1.50. The second-order valence-electron chi connectivity index (χ2n) is 3.38. The van der Waals surface area contributed by atoms with E-state index in [4.69, 9.17) is 5.11 Å². The summed E-state index contributed by atoms with van der Waals surface area (Å²) in [5, 5.41) is 9.07. The smallest absolute Gasteiger partial charge is 0.380 e. The highest BCUT2D eigenvalue weighted by Gasteiger charge is 2.56. The van der Waals surface area contributed by atoms with Gasteiger partial charge in [0.05, 0.1) is 0 Å². The zero-order valence-electron chi connectivity index (χ0n) is 6.28. The minimum absolute atomic E-state index is 0.0124. The Kier molecular flexibility index (Phi) is 1.90. The largest absolute Gasteiger partial charge is 0.417 e. The van der Waals surface area contributed by atoms with Gasteiger partial charge < -0.3 is 5.11 Å².